The lowest BCUT2D eigenvalue weighted by Gasteiger charge is -2.31. The first-order valence-corrected chi connectivity index (χ1v) is 18.8. The van der Waals surface area contributed by atoms with Gasteiger partial charge in [-0.3, -0.25) is 9.59 Å². The largest absolute Gasteiger partial charge is 0.389 e. The van der Waals surface area contributed by atoms with Crippen LogP contribution in [0.1, 0.15) is 117 Å². The first-order valence-electron chi connectivity index (χ1n) is 18.8. The number of H-pyrrole nitrogens is 2. The number of nitrogens with zero attached hydrogens (tertiary/aromatic N) is 2. The van der Waals surface area contributed by atoms with Crippen molar-refractivity contribution < 1.29 is 19.8 Å². The molecule has 2 aromatic carbocycles. The van der Waals surface area contributed by atoms with E-state index in [2.05, 4.69) is 83.0 Å². The van der Waals surface area contributed by atoms with Crippen LogP contribution in [0.4, 0.5) is 0 Å². The van der Waals surface area contributed by atoms with Crippen LogP contribution in [0.25, 0.3) is 33.6 Å². The zero-order chi connectivity index (χ0) is 36.9. The molecule has 52 heavy (non-hydrogen) atoms. The van der Waals surface area contributed by atoms with Crippen LogP contribution in [0, 0.1) is 21.7 Å². The number of aromatic nitrogens is 4. The predicted molar refractivity (Wildman–Crippen MR) is 199 cm³/mol. The van der Waals surface area contributed by atoms with Gasteiger partial charge in [0.1, 0.15) is 11.6 Å². The van der Waals surface area contributed by atoms with Crippen LogP contribution in [0.3, 0.4) is 0 Å². The third-order valence-corrected chi connectivity index (χ3v) is 13.2. The van der Waals surface area contributed by atoms with E-state index in [4.69, 9.17) is 9.97 Å². The van der Waals surface area contributed by atoms with Crippen molar-refractivity contribution in [3.63, 3.8) is 0 Å². The van der Waals surface area contributed by atoms with Crippen molar-refractivity contribution in [2.75, 3.05) is 0 Å². The minimum Gasteiger partial charge on any atom is -0.389 e. The Labute approximate surface area is 305 Å². The molecule has 2 atom stereocenters. The molecule has 10 nitrogen and oxygen atoms in total. The standard InChI is InChI=1S/C42H52N6O4/c1-37(2,51)41(19-20-41)35(49)47-31(39(5)15-16-39)33-43-23-29(45-33)27-11-7-25(8-12-27)26-9-13-28(14-10-26)30-24-44-34(46-30)32(40(6)17-18-40)48-36(50)42(21-22-42)38(3,4)52/h7-14,23-24,31-32,51-52H,15-22H2,1-6H3,(H,43,45)(H,44,46)(H,47,49)(H,48,50)/t31-,32-/m1/s1. The average Bonchev–Trinajstić information content (AvgIpc) is 3.97. The summed E-state index contributed by atoms with van der Waals surface area (Å²) in [5, 5.41) is 28.0. The zero-order valence-corrected chi connectivity index (χ0v) is 31.2. The molecule has 4 aliphatic rings. The van der Waals surface area contributed by atoms with Gasteiger partial charge in [0.15, 0.2) is 0 Å². The summed E-state index contributed by atoms with van der Waals surface area (Å²) in [4.78, 5) is 43.3. The van der Waals surface area contributed by atoms with E-state index in [0.29, 0.717) is 25.7 Å². The molecule has 4 aromatic rings. The van der Waals surface area contributed by atoms with Crippen molar-refractivity contribution in [1.82, 2.24) is 30.6 Å². The summed E-state index contributed by atoms with van der Waals surface area (Å²) >= 11 is 0. The molecule has 0 unspecified atom stereocenters. The molecule has 2 aromatic heterocycles. The molecular formula is C42H52N6O4. The van der Waals surface area contributed by atoms with Crippen LogP contribution in [0.5, 0.6) is 0 Å². The second kappa shape index (κ2) is 11.6. The van der Waals surface area contributed by atoms with Crippen molar-refractivity contribution in [2.24, 2.45) is 21.7 Å². The molecule has 4 saturated carbocycles. The summed E-state index contributed by atoms with van der Waals surface area (Å²) in [7, 11) is 0. The molecule has 4 aliphatic carbocycles. The van der Waals surface area contributed by atoms with Crippen molar-refractivity contribution in [3.05, 3.63) is 72.6 Å². The highest BCUT2D eigenvalue weighted by Crippen LogP contribution is 2.59. The zero-order valence-electron chi connectivity index (χ0n) is 31.2. The number of hydrogen-bond acceptors (Lipinski definition) is 6. The number of carbonyl (C=O) groups excluding carboxylic acids is 2. The highest BCUT2D eigenvalue weighted by molar-refractivity contribution is 5.87. The van der Waals surface area contributed by atoms with Gasteiger partial charge in [0.2, 0.25) is 11.8 Å². The van der Waals surface area contributed by atoms with Crippen LogP contribution in [0.15, 0.2) is 60.9 Å². The monoisotopic (exact) mass is 704 g/mol. The minimum atomic E-state index is -1.07. The second-order valence-corrected chi connectivity index (χ2v) is 17.9. The number of carbonyl (C=O) groups is 2. The van der Waals surface area contributed by atoms with E-state index in [-0.39, 0.29) is 34.7 Å². The summed E-state index contributed by atoms with van der Waals surface area (Å²) in [5.41, 5.74) is 2.26. The quantitative estimate of drug-likeness (QED) is 0.0869. The first kappa shape index (κ1) is 34.8. The lowest BCUT2D eigenvalue weighted by molar-refractivity contribution is -0.137. The Morgan fingerprint density at radius 2 is 0.904 bits per heavy atom. The topological polar surface area (TPSA) is 156 Å². The maximum Gasteiger partial charge on any atom is 0.229 e. The minimum absolute atomic E-state index is 0.0570. The lowest BCUT2D eigenvalue weighted by atomic mass is 9.85. The number of amides is 2. The van der Waals surface area contributed by atoms with E-state index in [1.54, 1.807) is 27.7 Å². The Morgan fingerprint density at radius 1 is 0.596 bits per heavy atom. The van der Waals surface area contributed by atoms with Crippen LogP contribution < -0.4 is 10.6 Å². The summed E-state index contributed by atoms with van der Waals surface area (Å²) in [6.45, 7) is 11.3. The molecule has 2 heterocycles. The van der Waals surface area contributed by atoms with Gasteiger partial charge in [-0.2, -0.15) is 0 Å². The van der Waals surface area contributed by atoms with Gasteiger partial charge in [0, 0.05) is 0 Å². The number of imidazole rings is 2. The SMILES string of the molecule is CC1([C@H](NC(=O)C2(C(C)(C)O)CC2)c2ncc(-c3ccc(-c4ccc(-c5cnc([C@@H](NC(=O)C6(C(C)(C)O)CC6)C6(C)CC6)[nH]5)cc4)cc3)[nH]2)CC1. The van der Waals surface area contributed by atoms with E-state index in [1.807, 2.05) is 12.4 Å². The van der Waals surface area contributed by atoms with Crippen molar-refractivity contribution in [2.45, 2.75) is 116 Å². The van der Waals surface area contributed by atoms with E-state index < -0.39 is 22.0 Å². The fourth-order valence-corrected chi connectivity index (χ4v) is 8.08. The molecule has 0 bridgehead atoms. The number of aliphatic hydroxyl groups is 2. The van der Waals surface area contributed by atoms with Crippen LogP contribution in [-0.4, -0.2) is 53.2 Å². The van der Waals surface area contributed by atoms with Crippen molar-refractivity contribution in [1.29, 1.82) is 0 Å². The summed E-state index contributed by atoms with van der Waals surface area (Å²) < 4.78 is 0. The van der Waals surface area contributed by atoms with E-state index in [9.17, 15) is 19.8 Å². The maximum absolute atomic E-state index is 13.4. The summed E-state index contributed by atoms with van der Waals surface area (Å²) in [6, 6.07) is 16.2. The number of aromatic amines is 2. The van der Waals surface area contributed by atoms with Gasteiger partial charge in [0.05, 0.1) is 57.9 Å². The number of hydrogen-bond donors (Lipinski definition) is 6. The van der Waals surface area contributed by atoms with Crippen LogP contribution in [-0.2, 0) is 9.59 Å². The van der Waals surface area contributed by atoms with Crippen molar-refractivity contribution in [3.8, 4) is 33.6 Å². The molecule has 10 heteroatoms. The lowest BCUT2D eigenvalue weighted by Crippen LogP contribution is -2.47. The molecule has 2 amide bonds. The number of benzene rings is 2. The van der Waals surface area contributed by atoms with Crippen LogP contribution in [0.2, 0.25) is 0 Å². The van der Waals surface area contributed by atoms with E-state index >= 15 is 0 Å². The molecule has 8 rings (SSSR count). The van der Waals surface area contributed by atoms with Crippen molar-refractivity contribution >= 4 is 11.8 Å². The molecule has 274 valence electrons. The molecule has 0 saturated heterocycles. The van der Waals surface area contributed by atoms with E-state index in [1.165, 1.54) is 0 Å². The Balaban J connectivity index is 0.948. The fraction of sp³-hybridized carbons (Fsp3) is 0.524. The van der Waals surface area contributed by atoms with Gasteiger partial charge in [-0.25, -0.2) is 9.97 Å². The van der Waals surface area contributed by atoms with E-state index in [0.717, 1.165) is 71.0 Å². The first-order chi connectivity index (χ1) is 24.5. The van der Waals surface area contributed by atoms with Gasteiger partial charge >= 0.3 is 0 Å². The Bertz CT molecular complexity index is 1850. The highest BCUT2D eigenvalue weighted by atomic mass is 16.3. The molecule has 0 spiro atoms. The van der Waals surface area contributed by atoms with Crippen LogP contribution >= 0.6 is 0 Å². The van der Waals surface area contributed by atoms with Gasteiger partial charge in [-0.1, -0.05) is 62.4 Å². The molecular weight excluding hydrogens is 652 g/mol. The Morgan fingerprint density at radius 3 is 1.17 bits per heavy atom. The maximum atomic E-state index is 13.4. The average molecular weight is 705 g/mol. The van der Waals surface area contributed by atoms with Gasteiger partial charge < -0.3 is 30.8 Å². The number of rotatable bonds is 13. The third-order valence-electron chi connectivity index (χ3n) is 13.2. The fourth-order valence-electron chi connectivity index (χ4n) is 8.08. The molecule has 4 fully saturated rings. The highest BCUT2D eigenvalue weighted by Gasteiger charge is 2.62. The Hall–Kier alpha value is -4.28. The molecule has 0 aliphatic heterocycles. The normalized spacial score (nSPS) is 21.5. The summed E-state index contributed by atoms with van der Waals surface area (Å²) in [6.07, 6.45) is 10.5. The Kier molecular flexibility index (Phi) is 7.77. The number of nitrogens with one attached hydrogen (secondary N) is 4. The second-order valence-electron chi connectivity index (χ2n) is 17.9. The predicted octanol–water partition coefficient (Wildman–Crippen LogP) is 7.15. The summed E-state index contributed by atoms with van der Waals surface area (Å²) in [5.74, 6) is 1.32. The van der Waals surface area contributed by atoms with Gasteiger partial charge in [-0.05, 0) is 112 Å². The third kappa shape index (κ3) is 5.97. The van der Waals surface area contributed by atoms with Gasteiger partial charge in [-0.15, -0.1) is 0 Å². The molecule has 0 radical (unpaired) electrons. The van der Waals surface area contributed by atoms with Gasteiger partial charge in [0.25, 0.3) is 0 Å². The smallest absolute Gasteiger partial charge is 0.229 e. The molecule has 6 N–H and O–H groups in total.